The second kappa shape index (κ2) is 6.05. The molecule has 2 aromatic rings. The molecule has 1 amide bonds. The van der Waals surface area contributed by atoms with Gasteiger partial charge in [-0.1, -0.05) is 0 Å². The number of aromatic nitrogens is 3. The lowest BCUT2D eigenvalue weighted by atomic mass is 10.2. The van der Waals surface area contributed by atoms with Crippen molar-refractivity contribution in [1.29, 1.82) is 0 Å². The highest BCUT2D eigenvalue weighted by Crippen LogP contribution is 2.14. The van der Waals surface area contributed by atoms with Gasteiger partial charge < -0.3 is 9.80 Å². The van der Waals surface area contributed by atoms with Crippen LogP contribution in [0.5, 0.6) is 0 Å². The second-order valence-corrected chi connectivity index (χ2v) is 5.10. The zero-order chi connectivity index (χ0) is 15.5. The molecule has 7 heteroatoms. The summed E-state index contributed by atoms with van der Waals surface area (Å²) in [6.45, 7) is 4.41. The zero-order valence-electron chi connectivity index (χ0n) is 12.2. The molecule has 2 aromatic heterocycles. The van der Waals surface area contributed by atoms with E-state index in [1.807, 2.05) is 13.0 Å². The van der Waals surface area contributed by atoms with Gasteiger partial charge in [0, 0.05) is 32.4 Å². The van der Waals surface area contributed by atoms with Crippen molar-refractivity contribution in [2.45, 2.75) is 6.92 Å². The Bertz CT molecular complexity index is 668. The van der Waals surface area contributed by atoms with Gasteiger partial charge in [0.25, 0.3) is 5.91 Å². The molecule has 114 valence electrons. The molecule has 0 radical (unpaired) electrons. The maximum absolute atomic E-state index is 12.9. The number of nitrogens with zero attached hydrogens (tertiary/aromatic N) is 5. The summed E-state index contributed by atoms with van der Waals surface area (Å²) in [6, 6.07) is 4.53. The van der Waals surface area contributed by atoms with E-state index in [1.165, 1.54) is 12.1 Å². The molecule has 0 bridgehead atoms. The summed E-state index contributed by atoms with van der Waals surface area (Å²) in [5.74, 6) is 0.991. The fourth-order valence-electron chi connectivity index (χ4n) is 2.42. The molecule has 0 aromatic carbocycles. The SMILES string of the molecule is Cc1nccc(N2CCN(C(=O)c3ccc(F)cn3)CC2)n1. The van der Waals surface area contributed by atoms with E-state index in [2.05, 4.69) is 19.9 Å². The van der Waals surface area contributed by atoms with Gasteiger partial charge in [0.15, 0.2) is 0 Å². The van der Waals surface area contributed by atoms with Gasteiger partial charge in [-0.05, 0) is 25.1 Å². The largest absolute Gasteiger partial charge is 0.353 e. The normalized spacial score (nSPS) is 15.0. The number of carbonyl (C=O) groups is 1. The maximum atomic E-state index is 12.9. The number of amides is 1. The Morgan fingerprint density at radius 2 is 1.91 bits per heavy atom. The molecule has 0 N–H and O–H groups in total. The van der Waals surface area contributed by atoms with E-state index in [0.717, 1.165) is 17.8 Å². The predicted molar refractivity (Wildman–Crippen MR) is 79.1 cm³/mol. The summed E-state index contributed by atoms with van der Waals surface area (Å²) >= 11 is 0. The number of carbonyl (C=O) groups excluding carboxylic acids is 1. The molecule has 3 heterocycles. The lowest BCUT2D eigenvalue weighted by Crippen LogP contribution is -2.49. The minimum Gasteiger partial charge on any atom is -0.353 e. The van der Waals surface area contributed by atoms with Crippen LogP contribution < -0.4 is 4.90 Å². The van der Waals surface area contributed by atoms with Crippen LogP contribution in [-0.4, -0.2) is 51.9 Å². The number of pyridine rings is 1. The van der Waals surface area contributed by atoms with E-state index in [4.69, 9.17) is 0 Å². The third-order valence-electron chi connectivity index (χ3n) is 3.60. The summed E-state index contributed by atoms with van der Waals surface area (Å²) in [4.78, 5) is 28.5. The first kappa shape index (κ1) is 14.4. The quantitative estimate of drug-likeness (QED) is 0.836. The van der Waals surface area contributed by atoms with Crippen molar-refractivity contribution in [2.75, 3.05) is 31.1 Å². The zero-order valence-corrected chi connectivity index (χ0v) is 12.2. The van der Waals surface area contributed by atoms with Gasteiger partial charge in [-0.2, -0.15) is 0 Å². The Balaban J connectivity index is 1.64. The minimum atomic E-state index is -0.444. The topological polar surface area (TPSA) is 62.2 Å². The molecular formula is C15H16FN5O. The van der Waals surface area contributed by atoms with Crippen molar-refractivity contribution in [3.05, 3.63) is 47.9 Å². The molecule has 0 spiro atoms. The van der Waals surface area contributed by atoms with Crippen LogP contribution in [0.25, 0.3) is 0 Å². The number of aryl methyl sites for hydroxylation is 1. The van der Waals surface area contributed by atoms with Crippen molar-refractivity contribution >= 4 is 11.7 Å². The second-order valence-electron chi connectivity index (χ2n) is 5.10. The Kier molecular flexibility index (Phi) is 3.95. The van der Waals surface area contributed by atoms with Gasteiger partial charge in [-0.15, -0.1) is 0 Å². The highest BCUT2D eigenvalue weighted by molar-refractivity contribution is 5.92. The van der Waals surface area contributed by atoms with Gasteiger partial charge in [0.1, 0.15) is 23.2 Å². The summed E-state index contributed by atoms with van der Waals surface area (Å²) in [6.07, 6.45) is 2.80. The maximum Gasteiger partial charge on any atom is 0.272 e. The van der Waals surface area contributed by atoms with Crippen LogP contribution in [-0.2, 0) is 0 Å². The smallest absolute Gasteiger partial charge is 0.272 e. The van der Waals surface area contributed by atoms with E-state index in [9.17, 15) is 9.18 Å². The fraction of sp³-hybridized carbons (Fsp3) is 0.333. The summed E-state index contributed by atoms with van der Waals surface area (Å²) in [5, 5.41) is 0. The standard InChI is InChI=1S/C15H16FN5O/c1-11-17-5-4-14(19-11)20-6-8-21(9-7-20)15(22)13-3-2-12(16)10-18-13/h2-5,10H,6-9H2,1H3. The lowest BCUT2D eigenvalue weighted by Gasteiger charge is -2.35. The molecule has 0 unspecified atom stereocenters. The monoisotopic (exact) mass is 301 g/mol. The van der Waals surface area contributed by atoms with E-state index >= 15 is 0 Å². The average molecular weight is 301 g/mol. The minimum absolute atomic E-state index is 0.168. The van der Waals surface area contributed by atoms with Crippen molar-refractivity contribution in [2.24, 2.45) is 0 Å². The van der Waals surface area contributed by atoms with Crippen LogP contribution in [0.1, 0.15) is 16.3 Å². The van der Waals surface area contributed by atoms with Gasteiger partial charge in [-0.3, -0.25) is 4.79 Å². The Morgan fingerprint density at radius 1 is 1.14 bits per heavy atom. The van der Waals surface area contributed by atoms with Gasteiger partial charge in [0.05, 0.1) is 6.20 Å². The van der Waals surface area contributed by atoms with Crippen LogP contribution in [0.2, 0.25) is 0 Å². The Morgan fingerprint density at radius 3 is 2.55 bits per heavy atom. The molecule has 1 fully saturated rings. The molecule has 1 aliphatic rings. The number of rotatable bonds is 2. The number of hydrogen-bond donors (Lipinski definition) is 0. The first-order chi connectivity index (χ1) is 10.6. The van der Waals surface area contributed by atoms with Crippen molar-refractivity contribution in [3.63, 3.8) is 0 Å². The molecule has 3 rings (SSSR count). The number of hydrogen-bond acceptors (Lipinski definition) is 5. The van der Waals surface area contributed by atoms with Gasteiger partial charge >= 0.3 is 0 Å². The highest BCUT2D eigenvalue weighted by atomic mass is 19.1. The van der Waals surface area contributed by atoms with Crippen molar-refractivity contribution < 1.29 is 9.18 Å². The molecule has 0 atom stereocenters. The number of anilines is 1. The Labute approximate surface area is 127 Å². The van der Waals surface area contributed by atoms with Crippen LogP contribution in [0.3, 0.4) is 0 Å². The molecule has 1 aliphatic heterocycles. The molecule has 22 heavy (non-hydrogen) atoms. The molecule has 6 nitrogen and oxygen atoms in total. The third kappa shape index (κ3) is 3.03. The summed E-state index contributed by atoms with van der Waals surface area (Å²) in [7, 11) is 0. The van der Waals surface area contributed by atoms with E-state index in [1.54, 1.807) is 11.1 Å². The third-order valence-corrected chi connectivity index (χ3v) is 3.60. The lowest BCUT2D eigenvalue weighted by molar-refractivity contribution is 0.0740. The first-order valence-electron chi connectivity index (χ1n) is 7.09. The fourth-order valence-corrected chi connectivity index (χ4v) is 2.42. The average Bonchev–Trinajstić information content (AvgIpc) is 2.55. The van der Waals surface area contributed by atoms with Gasteiger partial charge in [-0.25, -0.2) is 19.3 Å². The first-order valence-corrected chi connectivity index (χ1v) is 7.09. The van der Waals surface area contributed by atoms with E-state index in [-0.39, 0.29) is 11.6 Å². The number of piperazine rings is 1. The molecule has 0 aliphatic carbocycles. The van der Waals surface area contributed by atoms with Crippen LogP contribution >= 0.6 is 0 Å². The summed E-state index contributed by atoms with van der Waals surface area (Å²) in [5.41, 5.74) is 0.271. The molecular weight excluding hydrogens is 285 g/mol. The van der Waals surface area contributed by atoms with Crippen LogP contribution in [0, 0.1) is 12.7 Å². The van der Waals surface area contributed by atoms with E-state index in [0.29, 0.717) is 26.2 Å². The van der Waals surface area contributed by atoms with E-state index < -0.39 is 5.82 Å². The summed E-state index contributed by atoms with van der Waals surface area (Å²) < 4.78 is 12.9. The number of halogens is 1. The molecule has 0 saturated carbocycles. The van der Waals surface area contributed by atoms with Crippen LogP contribution in [0.15, 0.2) is 30.6 Å². The molecule has 1 saturated heterocycles. The van der Waals surface area contributed by atoms with Crippen molar-refractivity contribution in [3.8, 4) is 0 Å². The van der Waals surface area contributed by atoms with Crippen LogP contribution in [0.4, 0.5) is 10.2 Å². The highest BCUT2D eigenvalue weighted by Gasteiger charge is 2.23. The van der Waals surface area contributed by atoms with Crippen molar-refractivity contribution in [1.82, 2.24) is 19.9 Å². The predicted octanol–water partition coefficient (Wildman–Crippen LogP) is 1.28. The van der Waals surface area contributed by atoms with Gasteiger partial charge in [0.2, 0.25) is 0 Å². The Hall–Kier alpha value is -2.57.